The third-order valence-electron chi connectivity index (χ3n) is 5.95. The molecule has 4 rings (SSSR count). The number of hydrogen-bond donors (Lipinski definition) is 5. The SMILES string of the molecule is CS(=O)(=O)NCC(Cc1c[nH]c2ccccc12)NC1CCc2cc(/C=C/C(=O)NO)ccc21. The number of carbonyl (C=O) groups excluding carboxylic acids is 1. The van der Waals surface area contributed by atoms with E-state index in [2.05, 4.69) is 21.1 Å². The van der Waals surface area contributed by atoms with Gasteiger partial charge in [0.15, 0.2) is 0 Å². The van der Waals surface area contributed by atoms with E-state index in [0.717, 1.165) is 34.9 Å². The van der Waals surface area contributed by atoms with Crippen LogP contribution in [0.1, 0.15) is 34.7 Å². The largest absolute Gasteiger partial charge is 0.361 e. The third-order valence-corrected chi connectivity index (χ3v) is 6.64. The summed E-state index contributed by atoms with van der Waals surface area (Å²) < 4.78 is 26.2. The van der Waals surface area contributed by atoms with Crippen molar-refractivity contribution in [3.63, 3.8) is 0 Å². The number of para-hydroxylation sites is 1. The number of hydroxylamine groups is 1. The van der Waals surface area contributed by atoms with Crippen LogP contribution in [-0.2, 0) is 27.7 Å². The van der Waals surface area contributed by atoms with E-state index in [1.54, 1.807) is 11.6 Å². The monoisotopic (exact) mass is 468 g/mol. The number of carbonyl (C=O) groups is 1. The van der Waals surface area contributed by atoms with Gasteiger partial charge < -0.3 is 10.3 Å². The number of aromatic nitrogens is 1. The average molecular weight is 469 g/mol. The summed E-state index contributed by atoms with van der Waals surface area (Å²) >= 11 is 0. The summed E-state index contributed by atoms with van der Waals surface area (Å²) in [7, 11) is -3.31. The summed E-state index contributed by atoms with van der Waals surface area (Å²) in [5, 5.41) is 13.4. The molecule has 2 aromatic carbocycles. The van der Waals surface area contributed by atoms with Crippen LogP contribution >= 0.6 is 0 Å². The van der Waals surface area contributed by atoms with Crippen LogP contribution in [0.3, 0.4) is 0 Å². The molecule has 1 aliphatic rings. The van der Waals surface area contributed by atoms with Crippen molar-refractivity contribution in [3.05, 3.63) is 77.0 Å². The smallest absolute Gasteiger partial charge is 0.267 e. The maximum absolute atomic E-state index is 11.8. The molecule has 1 heterocycles. The van der Waals surface area contributed by atoms with E-state index in [4.69, 9.17) is 5.21 Å². The van der Waals surface area contributed by atoms with Crippen molar-refractivity contribution in [1.29, 1.82) is 0 Å². The molecule has 8 nitrogen and oxygen atoms in total. The summed E-state index contributed by atoms with van der Waals surface area (Å²) in [5.41, 5.74) is 7.04. The number of amides is 1. The van der Waals surface area contributed by atoms with Gasteiger partial charge in [0.25, 0.3) is 5.91 Å². The molecule has 2 atom stereocenters. The number of nitrogens with one attached hydrogen (secondary N) is 4. The second kappa shape index (κ2) is 9.88. The summed E-state index contributed by atoms with van der Waals surface area (Å²) in [4.78, 5) is 14.5. The first-order valence-corrected chi connectivity index (χ1v) is 12.7. The van der Waals surface area contributed by atoms with Gasteiger partial charge in [0, 0.05) is 41.8 Å². The molecule has 3 aromatic rings. The number of aromatic amines is 1. The molecule has 1 amide bonds. The quantitative estimate of drug-likeness (QED) is 0.187. The predicted molar refractivity (Wildman–Crippen MR) is 128 cm³/mol. The van der Waals surface area contributed by atoms with Crippen molar-refractivity contribution in [2.75, 3.05) is 12.8 Å². The number of fused-ring (bicyclic) bond motifs is 2. The highest BCUT2D eigenvalue weighted by molar-refractivity contribution is 7.88. The first-order chi connectivity index (χ1) is 15.8. The average Bonchev–Trinajstić information content (AvgIpc) is 3.39. The van der Waals surface area contributed by atoms with Gasteiger partial charge in [-0.05, 0) is 53.7 Å². The molecule has 174 valence electrons. The molecule has 0 aliphatic heterocycles. The van der Waals surface area contributed by atoms with Crippen molar-refractivity contribution in [2.24, 2.45) is 0 Å². The van der Waals surface area contributed by atoms with Crippen LogP contribution in [0.5, 0.6) is 0 Å². The minimum Gasteiger partial charge on any atom is -0.361 e. The third kappa shape index (κ3) is 5.88. The molecule has 0 fully saturated rings. The number of H-pyrrole nitrogens is 1. The molecule has 33 heavy (non-hydrogen) atoms. The summed E-state index contributed by atoms with van der Waals surface area (Å²) in [6, 6.07) is 14.1. The van der Waals surface area contributed by atoms with Gasteiger partial charge in [0.05, 0.1) is 6.26 Å². The fourth-order valence-electron chi connectivity index (χ4n) is 4.42. The molecule has 9 heteroatoms. The van der Waals surface area contributed by atoms with Gasteiger partial charge in [-0.3, -0.25) is 10.0 Å². The van der Waals surface area contributed by atoms with Crippen LogP contribution in [-0.4, -0.2) is 43.4 Å². The Morgan fingerprint density at radius 3 is 2.88 bits per heavy atom. The topological polar surface area (TPSA) is 123 Å². The van der Waals surface area contributed by atoms with Crippen molar-refractivity contribution >= 4 is 32.9 Å². The van der Waals surface area contributed by atoms with E-state index in [9.17, 15) is 13.2 Å². The fourth-order valence-corrected chi connectivity index (χ4v) is 4.92. The van der Waals surface area contributed by atoms with Crippen LogP contribution < -0.4 is 15.5 Å². The van der Waals surface area contributed by atoms with Crippen LogP contribution in [0.15, 0.2) is 54.7 Å². The molecule has 0 radical (unpaired) electrons. The Labute approximate surface area is 193 Å². The van der Waals surface area contributed by atoms with Gasteiger partial charge in [0.2, 0.25) is 10.0 Å². The highest BCUT2D eigenvalue weighted by atomic mass is 32.2. The first-order valence-electron chi connectivity index (χ1n) is 10.8. The Bertz CT molecular complexity index is 1280. The van der Waals surface area contributed by atoms with Crippen LogP contribution in [0, 0.1) is 0 Å². The molecule has 1 aromatic heterocycles. The van der Waals surface area contributed by atoms with E-state index in [1.165, 1.54) is 23.5 Å². The number of sulfonamides is 1. The van der Waals surface area contributed by atoms with Crippen LogP contribution in [0.2, 0.25) is 0 Å². The Hall–Kier alpha value is -2.98. The Morgan fingerprint density at radius 1 is 1.27 bits per heavy atom. The molecule has 5 N–H and O–H groups in total. The Balaban J connectivity index is 1.52. The van der Waals surface area contributed by atoms with E-state index in [-0.39, 0.29) is 12.1 Å². The lowest BCUT2D eigenvalue weighted by molar-refractivity contribution is -0.124. The number of rotatable bonds is 9. The molecule has 0 saturated heterocycles. The fraction of sp³-hybridized carbons (Fsp3) is 0.292. The molecule has 1 aliphatic carbocycles. The second-order valence-corrected chi connectivity index (χ2v) is 10.2. The maximum Gasteiger partial charge on any atom is 0.267 e. The normalized spacial score (nSPS) is 16.8. The zero-order chi connectivity index (χ0) is 23.4. The van der Waals surface area contributed by atoms with Crippen LogP contribution in [0.25, 0.3) is 17.0 Å². The summed E-state index contributed by atoms with van der Waals surface area (Å²) in [6.45, 7) is 0.293. The summed E-state index contributed by atoms with van der Waals surface area (Å²) in [5.74, 6) is -0.575. The number of benzene rings is 2. The minimum absolute atomic E-state index is 0.0947. The van der Waals surface area contributed by atoms with Gasteiger partial charge in [0.1, 0.15) is 0 Å². The lowest BCUT2D eigenvalue weighted by Crippen LogP contribution is -2.43. The van der Waals surface area contributed by atoms with E-state index in [1.807, 2.05) is 42.6 Å². The molecular weight excluding hydrogens is 440 g/mol. The Morgan fingerprint density at radius 2 is 2.09 bits per heavy atom. The highest BCUT2D eigenvalue weighted by Gasteiger charge is 2.26. The molecule has 0 saturated carbocycles. The van der Waals surface area contributed by atoms with E-state index < -0.39 is 15.9 Å². The molecule has 2 unspecified atom stereocenters. The van der Waals surface area contributed by atoms with Crippen LogP contribution in [0.4, 0.5) is 0 Å². The van der Waals surface area contributed by atoms with Gasteiger partial charge in [-0.2, -0.15) is 0 Å². The highest BCUT2D eigenvalue weighted by Crippen LogP contribution is 2.33. The zero-order valence-corrected chi connectivity index (χ0v) is 19.2. The van der Waals surface area contributed by atoms with Gasteiger partial charge in [-0.1, -0.05) is 36.4 Å². The molecule has 0 bridgehead atoms. The minimum atomic E-state index is -3.31. The molecule has 0 spiro atoms. The Kier molecular flexibility index (Phi) is 6.94. The van der Waals surface area contributed by atoms with E-state index >= 15 is 0 Å². The first kappa shape index (κ1) is 23.2. The molecular formula is C24H28N4O4S. The van der Waals surface area contributed by atoms with Crippen molar-refractivity contribution in [1.82, 2.24) is 20.5 Å². The van der Waals surface area contributed by atoms with Gasteiger partial charge >= 0.3 is 0 Å². The van der Waals surface area contributed by atoms with Crippen molar-refractivity contribution in [2.45, 2.75) is 31.3 Å². The van der Waals surface area contributed by atoms with Gasteiger partial charge in [-0.25, -0.2) is 18.6 Å². The van der Waals surface area contributed by atoms with Gasteiger partial charge in [-0.15, -0.1) is 0 Å². The number of hydrogen-bond acceptors (Lipinski definition) is 5. The standard InChI is InChI=1S/C24H28N4O4S/c1-33(31,32)26-15-19(13-18-14-25-22-5-3-2-4-20(18)22)27-23-10-8-17-12-16(6-9-21(17)23)7-11-24(29)28-30/h2-7,9,11-12,14,19,23,25-27,30H,8,10,13,15H2,1H3,(H,28,29)/b11-7+. The lowest BCUT2D eigenvalue weighted by atomic mass is 10.0. The predicted octanol–water partition coefficient (Wildman–Crippen LogP) is 2.42. The van der Waals surface area contributed by atoms with E-state index in [0.29, 0.717) is 13.0 Å². The summed E-state index contributed by atoms with van der Waals surface area (Å²) in [6.07, 6.45) is 8.57. The second-order valence-electron chi connectivity index (χ2n) is 8.41. The maximum atomic E-state index is 11.8. The lowest BCUT2D eigenvalue weighted by Gasteiger charge is -2.24. The number of aryl methyl sites for hydroxylation is 1. The van der Waals surface area contributed by atoms with Crippen molar-refractivity contribution in [3.8, 4) is 0 Å². The van der Waals surface area contributed by atoms with Crippen molar-refractivity contribution < 1.29 is 18.4 Å². The zero-order valence-electron chi connectivity index (χ0n) is 18.3.